The van der Waals surface area contributed by atoms with E-state index in [0.717, 1.165) is 25.9 Å². The molecule has 2 saturated heterocycles. The van der Waals surface area contributed by atoms with Crippen LogP contribution in [0.25, 0.3) is 0 Å². The van der Waals surface area contributed by atoms with Gasteiger partial charge in [-0.15, -0.1) is 0 Å². The molecular formula is C16H28N2O. The maximum Gasteiger partial charge on any atom is 0.222 e. The van der Waals surface area contributed by atoms with Gasteiger partial charge in [0.05, 0.1) is 0 Å². The van der Waals surface area contributed by atoms with Crippen molar-refractivity contribution in [3.8, 4) is 0 Å². The first kappa shape index (κ1) is 13.4. The van der Waals surface area contributed by atoms with Crippen molar-refractivity contribution in [2.75, 3.05) is 13.1 Å². The van der Waals surface area contributed by atoms with Crippen LogP contribution in [0, 0.1) is 5.92 Å². The minimum atomic E-state index is 0.432. The monoisotopic (exact) mass is 264 g/mol. The third kappa shape index (κ3) is 3.50. The van der Waals surface area contributed by atoms with Gasteiger partial charge in [0, 0.05) is 31.6 Å². The van der Waals surface area contributed by atoms with Gasteiger partial charge in [0.2, 0.25) is 5.91 Å². The minimum absolute atomic E-state index is 0.432. The molecule has 1 aliphatic carbocycles. The van der Waals surface area contributed by atoms with E-state index < -0.39 is 0 Å². The van der Waals surface area contributed by atoms with Crippen molar-refractivity contribution < 1.29 is 4.79 Å². The second-order valence-electron chi connectivity index (χ2n) is 6.83. The molecule has 2 atom stereocenters. The Morgan fingerprint density at radius 1 is 0.947 bits per heavy atom. The molecule has 2 bridgehead atoms. The number of carbonyl (C=O) groups is 1. The first-order valence-corrected chi connectivity index (χ1v) is 8.35. The molecule has 0 radical (unpaired) electrons. The van der Waals surface area contributed by atoms with Crippen LogP contribution in [0.5, 0.6) is 0 Å². The Morgan fingerprint density at radius 3 is 2.47 bits per heavy atom. The summed E-state index contributed by atoms with van der Waals surface area (Å²) >= 11 is 0. The van der Waals surface area contributed by atoms with Gasteiger partial charge in [-0.3, -0.25) is 4.79 Å². The molecule has 2 aliphatic heterocycles. The molecule has 2 heterocycles. The van der Waals surface area contributed by atoms with Gasteiger partial charge in [-0.2, -0.15) is 0 Å². The summed E-state index contributed by atoms with van der Waals surface area (Å²) in [5, 5.41) is 3.66. The molecule has 0 aromatic rings. The molecule has 3 nitrogen and oxygen atoms in total. The number of likely N-dealkylation sites (tertiary alicyclic amines) is 1. The Kier molecular flexibility index (Phi) is 4.42. The van der Waals surface area contributed by atoms with E-state index in [-0.39, 0.29) is 0 Å². The molecule has 3 heteroatoms. The molecule has 0 aromatic carbocycles. The Morgan fingerprint density at radius 2 is 1.68 bits per heavy atom. The first-order valence-electron chi connectivity index (χ1n) is 8.35. The summed E-state index contributed by atoms with van der Waals surface area (Å²) in [6.07, 6.45) is 12.5. The van der Waals surface area contributed by atoms with Crippen LogP contribution in [0.2, 0.25) is 0 Å². The number of rotatable bonds is 2. The van der Waals surface area contributed by atoms with Gasteiger partial charge in [-0.25, -0.2) is 0 Å². The second-order valence-corrected chi connectivity index (χ2v) is 6.83. The maximum absolute atomic E-state index is 12.5. The number of nitrogens with zero attached hydrogens (tertiary/aromatic N) is 1. The molecule has 19 heavy (non-hydrogen) atoms. The summed E-state index contributed by atoms with van der Waals surface area (Å²) in [7, 11) is 0. The summed E-state index contributed by atoms with van der Waals surface area (Å²) in [5.41, 5.74) is 0. The first-order chi connectivity index (χ1) is 9.31. The molecule has 1 amide bonds. The van der Waals surface area contributed by atoms with Gasteiger partial charge in [0.25, 0.3) is 0 Å². The lowest BCUT2D eigenvalue weighted by Gasteiger charge is -2.26. The molecule has 108 valence electrons. The number of amides is 1. The number of carbonyl (C=O) groups excluding carboxylic acids is 1. The van der Waals surface area contributed by atoms with Crippen LogP contribution in [0.3, 0.4) is 0 Å². The highest BCUT2D eigenvalue weighted by Crippen LogP contribution is 2.27. The average molecular weight is 264 g/mol. The van der Waals surface area contributed by atoms with E-state index in [4.69, 9.17) is 0 Å². The number of nitrogens with one attached hydrogen (secondary N) is 1. The van der Waals surface area contributed by atoms with Gasteiger partial charge in [0.15, 0.2) is 0 Å². The van der Waals surface area contributed by atoms with E-state index in [1.807, 2.05) is 0 Å². The van der Waals surface area contributed by atoms with Crippen molar-refractivity contribution in [3.63, 3.8) is 0 Å². The molecule has 3 aliphatic rings. The average Bonchev–Trinajstić information content (AvgIpc) is 2.60. The van der Waals surface area contributed by atoms with Crippen LogP contribution in [0.1, 0.15) is 64.2 Å². The molecule has 1 N–H and O–H groups in total. The van der Waals surface area contributed by atoms with Crippen molar-refractivity contribution in [1.29, 1.82) is 0 Å². The third-order valence-electron chi connectivity index (χ3n) is 5.31. The third-order valence-corrected chi connectivity index (χ3v) is 5.31. The lowest BCUT2D eigenvalue weighted by Crippen LogP contribution is -2.39. The Labute approximate surface area is 117 Å². The zero-order valence-electron chi connectivity index (χ0n) is 12.1. The highest BCUT2D eigenvalue weighted by molar-refractivity contribution is 5.76. The van der Waals surface area contributed by atoms with Crippen LogP contribution >= 0.6 is 0 Å². The minimum Gasteiger partial charge on any atom is -0.341 e. The van der Waals surface area contributed by atoms with Crippen LogP contribution in [-0.2, 0) is 4.79 Å². The zero-order valence-corrected chi connectivity index (χ0v) is 12.1. The van der Waals surface area contributed by atoms with E-state index in [9.17, 15) is 4.79 Å². The second kappa shape index (κ2) is 6.25. The van der Waals surface area contributed by atoms with E-state index in [0.29, 0.717) is 23.9 Å². The molecule has 3 fully saturated rings. The molecule has 1 saturated carbocycles. The van der Waals surface area contributed by atoms with Crippen LogP contribution in [0.4, 0.5) is 0 Å². The van der Waals surface area contributed by atoms with Crippen molar-refractivity contribution in [2.45, 2.75) is 76.3 Å². The Bertz CT molecular complexity index is 310. The van der Waals surface area contributed by atoms with Gasteiger partial charge in [-0.1, -0.05) is 25.7 Å². The lowest BCUT2D eigenvalue weighted by atomic mass is 9.95. The topological polar surface area (TPSA) is 32.3 Å². The van der Waals surface area contributed by atoms with Gasteiger partial charge < -0.3 is 10.2 Å². The van der Waals surface area contributed by atoms with Crippen molar-refractivity contribution in [2.24, 2.45) is 5.92 Å². The number of fused-ring (bicyclic) bond motifs is 2. The number of hydrogen-bond donors (Lipinski definition) is 1. The fourth-order valence-corrected chi connectivity index (χ4v) is 4.11. The van der Waals surface area contributed by atoms with E-state index >= 15 is 0 Å². The van der Waals surface area contributed by atoms with Crippen LogP contribution < -0.4 is 5.32 Å². The SMILES string of the molecule is O=C(CC1CCCCCC1)N1CCC2CCC(C1)N2. The molecule has 0 aromatic heterocycles. The molecular weight excluding hydrogens is 236 g/mol. The van der Waals surface area contributed by atoms with E-state index in [2.05, 4.69) is 10.2 Å². The smallest absolute Gasteiger partial charge is 0.222 e. The molecule has 0 spiro atoms. The van der Waals surface area contributed by atoms with E-state index in [1.165, 1.54) is 51.4 Å². The standard InChI is InChI=1S/C16H28N2O/c19-16(11-13-5-3-1-2-4-6-13)18-10-9-14-7-8-15(12-18)17-14/h13-15,17H,1-12H2. The highest BCUT2D eigenvalue weighted by Gasteiger charge is 2.31. The summed E-state index contributed by atoms with van der Waals surface area (Å²) in [5.74, 6) is 1.10. The normalized spacial score (nSPS) is 32.9. The zero-order chi connectivity index (χ0) is 13.1. The molecule has 3 rings (SSSR count). The van der Waals surface area contributed by atoms with Crippen LogP contribution in [0.15, 0.2) is 0 Å². The van der Waals surface area contributed by atoms with Crippen molar-refractivity contribution >= 4 is 5.91 Å². The van der Waals surface area contributed by atoms with E-state index in [1.54, 1.807) is 0 Å². The van der Waals surface area contributed by atoms with Gasteiger partial charge in [0.1, 0.15) is 0 Å². The fraction of sp³-hybridized carbons (Fsp3) is 0.938. The number of hydrogen-bond acceptors (Lipinski definition) is 2. The van der Waals surface area contributed by atoms with Gasteiger partial charge in [-0.05, 0) is 38.0 Å². The quantitative estimate of drug-likeness (QED) is 0.778. The largest absolute Gasteiger partial charge is 0.341 e. The van der Waals surface area contributed by atoms with Crippen LogP contribution in [-0.4, -0.2) is 36.0 Å². The van der Waals surface area contributed by atoms with Crippen molar-refractivity contribution in [1.82, 2.24) is 10.2 Å². The summed E-state index contributed by atoms with van der Waals surface area (Å²) in [4.78, 5) is 14.7. The summed E-state index contributed by atoms with van der Waals surface area (Å²) < 4.78 is 0. The summed E-state index contributed by atoms with van der Waals surface area (Å²) in [6.45, 7) is 1.95. The Balaban J connectivity index is 1.51. The Hall–Kier alpha value is -0.570. The maximum atomic E-state index is 12.5. The van der Waals surface area contributed by atoms with Crippen molar-refractivity contribution in [3.05, 3.63) is 0 Å². The predicted molar refractivity (Wildman–Crippen MR) is 77.0 cm³/mol. The summed E-state index contributed by atoms with van der Waals surface area (Å²) in [6, 6.07) is 1.26. The lowest BCUT2D eigenvalue weighted by molar-refractivity contribution is -0.132. The molecule has 2 unspecified atom stereocenters. The predicted octanol–water partition coefficient (Wildman–Crippen LogP) is 2.70. The van der Waals surface area contributed by atoms with Gasteiger partial charge >= 0.3 is 0 Å². The highest BCUT2D eigenvalue weighted by atomic mass is 16.2. The fourth-order valence-electron chi connectivity index (χ4n) is 4.11.